The first-order chi connectivity index (χ1) is 10.8. The molecule has 22 heavy (non-hydrogen) atoms. The molecule has 0 radical (unpaired) electrons. The zero-order valence-corrected chi connectivity index (χ0v) is 13.4. The van der Waals surface area contributed by atoms with Gasteiger partial charge in [0.15, 0.2) is 5.78 Å². The third-order valence-electron chi connectivity index (χ3n) is 4.81. The van der Waals surface area contributed by atoms with Crippen molar-refractivity contribution in [1.82, 2.24) is 4.90 Å². The molecule has 1 saturated heterocycles. The number of nitrogens with zero attached hydrogens (tertiary/aromatic N) is 1. The Kier molecular flexibility index (Phi) is 4.94. The minimum absolute atomic E-state index is 0.204. The van der Waals surface area contributed by atoms with E-state index >= 15 is 0 Å². The molecule has 1 atom stereocenters. The number of methoxy groups -OCH3 is 1. The maximum atomic E-state index is 12.6. The average Bonchev–Trinajstić information content (AvgIpc) is 2.89. The van der Waals surface area contributed by atoms with Crippen molar-refractivity contribution >= 4 is 11.9 Å². The van der Waals surface area contributed by atoms with Crippen molar-refractivity contribution in [3.8, 4) is 5.75 Å². The number of carbonyl (C=O) groups excluding carboxylic acids is 1. The first-order valence-electron chi connectivity index (χ1n) is 8.37. The van der Waals surface area contributed by atoms with E-state index < -0.39 is 0 Å². The smallest absolute Gasteiger partial charge is 0.163 e. The molecule has 3 rings (SSSR count). The number of rotatable bonds is 4. The second-order valence-corrected chi connectivity index (χ2v) is 6.41. The van der Waals surface area contributed by atoms with E-state index in [0.717, 1.165) is 36.3 Å². The molecule has 1 unspecified atom stereocenters. The lowest BCUT2D eigenvalue weighted by Crippen LogP contribution is -2.35. The molecule has 118 valence electrons. The second kappa shape index (κ2) is 7.10. The lowest BCUT2D eigenvalue weighted by molar-refractivity contribution is -0.118. The first-order valence-corrected chi connectivity index (χ1v) is 8.37. The van der Waals surface area contributed by atoms with Crippen LogP contribution in [-0.2, 0) is 4.79 Å². The zero-order chi connectivity index (χ0) is 15.4. The van der Waals surface area contributed by atoms with Crippen molar-refractivity contribution in [2.24, 2.45) is 5.92 Å². The van der Waals surface area contributed by atoms with E-state index in [9.17, 15) is 4.79 Å². The van der Waals surface area contributed by atoms with Crippen molar-refractivity contribution in [3.05, 3.63) is 35.4 Å². The van der Waals surface area contributed by atoms with Gasteiger partial charge in [0.05, 0.1) is 7.11 Å². The molecular weight excluding hydrogens is 274 g/mol. The number of carbonyl (C=O) groups is 1. The lowest BCUT2D eigenvalue weighted by Gasteiger charge is -2.28. The van der Waals surface area contributed by atoms with Crippen LogP contribution in [0.2, 0.25) is 0 Å². The number of ketones is 1. The number of hydrogen-bond donors (Lipinski definition) is 0. The van der Waals surface area contributed by atoms with Gasteiger partial charge in [-0.25, -0.2) is 0 Å². The van der Waals surface area contributed by atoms with Crippen LogP contribution in [0.3, 0.4) is 0 Å². The Morgan fingerprint density at radius 2 is 2.09 bits per heavy atom. The predicted octanol–water partition coefficient (Wildman–Crippen LogP) is 3.54. The van der Waals surface area contributed by atoms with E-state index in [-0.39, 0.29) is 5.92 Å². The number of ether oxygens (including phenoxy) is 1. The van der Waals surface area contributed by atoms with Gasteiger partial charge in [-0.05, 0) is 68.1 Å². The summed E-state index contributed by atoms with van der Waals surface area (Å²) in [7, 11) is 1.67. The van der Waals surface area contributed by atoms with Gasteiger partial charge in [0.1, 0.15) is 5.75 Å². The number of likely N-dealkylation sites (tertiary alicyclic amines) is 1. The van der Waals surface area contributed by atoms with E-state index in [4.69, 9.17) is 4.74 Å². The van der Waals surface area contributed by atoms with E-state index in [1.165, 1.54) is 32.4 Å². The number of allylic oxidation sites excluding steroid dienone is 1. The van der Waals surface area contributed by atoms with Gasteiger partial charge in [-0.3, -0.25) is 4.79 Å². The molecule has 1 aromatic rings. The largest absolute Gasteiger partial charge is 0.497 e. The number of piperidine rings is 1. The molecule has 1 aliphatic heterocycles. The minimum atomic E-state index is 0.204. The van der Waals surface area contributed by atoms with Gasteiger partial charge < -0.3 is 9.64 Å². The van der Waals surface area contributed by atoms with Crippen LogP contribution < -0.4 is 4.74 Å². The van der Waals surface area contributed by atoms with E-state index in [2.05, 4.69) is 4.90 Å². The van der Waals surface area contributed by atoms with E-state index in [0.29, 0.717) is 5.78 Å². The predicted molar refractivity (Wildman–Crippen MR) is 89.0 cm³/mol. The fraction of sp³-hybridized carbons (Fsp3) is 0.526. The van der Waals surface area contributed by atoms with Gasteiger partial charge in [0, 0.05) is 12.5 Å². The summed E-state index contributed by atoms with van der Waals surface area (Å²) in [5.74, 6) is 1.40. The fourth-order valence-corrected chi connectivity index (χ4v) is 3.55. The van der Waals surface area contributed by atoms with Crippen molar-refractivity contribution in [3.63, 3.8) is 0 Å². The second-order valence-electron chi connectivity index (χ2n) is 6.41. The van der Waals surface area contributed by atoms with Gasteiger partial charge in [0.2, 0.25) is 0 Å². The molecule has 1 aliphatic carbocycles. The highest BCUT2D eigenvalue weighted by Gasteiger charge is 2.30. The third-order valence-corrected chi connectivity index (χ3v) is 4.81. The Labute approximate surface area is 133 Å². The van der Waals surface area contributed by atoms with Crippen molar-refractivity contribution in [2.75, 3.05) is 26.7 Å². The van der Waals surface area contributed by atoms with Crippen LogP contribution in [0.15, 0.2) is 29.8 Å². The highest BCUT2D eigenvalue weighted by molar-refractivity contribution is 6.03. The summed E-state index contributed by atoms with van der Waals surface area (Å²) in [5.41, 5.74) is 2.04. The molecule has 0 bridgehead atoms. The molecule has 0 spiro atoms. The van der Waals surface area contributed by atoms with Crippen LogP contribution in [0.25, 0.3) is 6.08 Å². The van der Waals surface area contributed by atoms with Crippen molar-refractivity contribution in [2.45, 2.75) is 32.1 Å². The third kappa shape index (κ3) is 3.58. The van der Waals surface area contributed by atoms with Gasteiger partial charge in [-0.1, -0.05) is 18.6 Å². The van der Waals surface area contributed by atoms with E-state index in [1.54, 1.807) is 7.11 Å². The summed E-state index contributed by atoms with van der Waals surface area (Å²) in [6.45, 7) is 3.28. The molecule has 2 aliphatic rings. The molecule has 0 aromatic heterocycles. The Balaban J connectivity index is 1.65. The summed E-state index contributed by atoms with van der Waals surface area (Å²) >= 11 is 0. The SMILES string of the molecule is COc1cccc(/C=C2\CCC(CN3CCCCC3)C2=O)c1. The zero-order valence-electron chi connectivity index (χ0n) is 13.4. The van der Waals surface area contributed by atoms with Gasteiger partial charge in [0.25, 0.3) is 0 Å². The highest BCUT2D eigenvalue weighted by Crippen LogP contribution is 2.30. The van der Waals surface area contributed by atoms with Gasteiger partial charge in [-0.2, -0.15) is 0 Å². The summed E-state index contributed by atoms with van der Waals surface area (Å²) in [6.07, 6.45) is 7.87. The molecule has 0 N–H and O–H groups in total. The first kappa shape index (κ1) is 15.3. The Hall–Kier alpha value is -1.61. The summed E-state index contributed by atoms with van der Waals surface area (Å²) in [4.78, 5) is 15.1. The monoisotopic (exact) mass is 299 g/mol. The summed E-state index contributed by atoms with van der Waals surface area (Å²) in [5, 5.41) is 0. The number of hydrogen-bond acceptors (Lipinski definition) is 3. The normalized spacial score (nSPS) is 24.9. The van der Waals surface area contributed by atoms with Gasteiger partial charge in [-0.15, -0.1) is 0 Å². The molecule has 3 nitrogen and oxygen atoms in total. The van der Waals surface area contributed by atoms with Crippen LogP contribution in [-0.4, -0.2) is 37.4 Å². The topological polar surface area (TPSA) is 29.5 Å². The Morgan fingerprint density at radius 1 is 1.27 bits per heavy atom. The molecule has 1 aromatic carbocycles. The van der Waals surface area contributed by atoms with Crippen LogP contribution in [0.1, 0.15) is 37.7 Å². The quantitative estimate of drug-likeness (QED) is 0.796. The number of Topliss-reactive ketones (excluding diaryl/α,β-unsaturated/α-hetero) is 1. The van der Waals surface area contributed by atoms with Crippen LogP contribution in [0, 0.1) is 5.92 Å². The summed E-state index contributed by atoms with van der Waals surface area (Å²) < 4.78 is 5.25. The van der Waals surface area contributed by atoms with Crippen LogP contribution in [0.4, 0.5) is 0 Å². The molecule has 1 saturated carbocycles. The van der Waals surface area contributed by atoms with Crippen molar-refractivity contribution < 1.29 is 9.53 Å². The maximum Gasteiger partial charge on any atom is 0.163 e. The Bertz CT molecular complexity index is 558. The lowest BCUT2D eigenvalue weighted by atomic mass is 10.0. The molecule has 1 heterocycles. The highest BCUT2D eigenvalue weighted by atomic mass is 16.5. The molecule has 0 amide bonds. The minimum Gasteiger partial charge on any atom is -0.497 e. The van der Waals surface area contributed by atoms with Gasteiger partial charge >= 0.3 is 0 Å². The molecule has 3 heteroatoms. The van der Waals surface area contributed by atoms with Crippen LogP contribution in [0.5, 0.6) is 5.75 Å². The summed E-state index contributed by atoms with van der Waals surface area (Å²) in [6, 6.07) is 7.91. The average molecular weight is 299 g/mol. The fourth-order valence-electron chi connectivity index (χ4n) is 3.55. The van der Waals surface area contributed by atoms with Crippen LogP contribution >= 0.6 is 0 Å². The van der Waals surface area contributed by atoms with E-state index in [1.807, 2.05) is 30.3 Å². The maximum absolute atomic E-state index is 12.6. The molecule has 2 fully saturated rings. The Morgan fingerprint density at radius 3 is 2.86 bits per heavy atom. The van der Waals surface area contributed by atoms with Crippen molar-refractivity contribution in [1.29, 1.82) is 0 Å². The number of benzene rings is 1. The molecular formula is C19H25NO2. The standard InChI is InChI=1S/C19H25NO2/c1-22-18-7-5-6-15(13-18)12-16-8-9-17(19(16)21)14-20-10-3-2-4-11-20/h5-7,12-13,17H,2-4,8-11,14H2,1H3/b16-12+.